The molecule has 0 fully saturated rings. The molecule has 0 bridgehead atoms. The smallest absolute Gasteiger partial charge is 0.284 e. The highest BCUT2D eigenvalue weighted by atomic mass is 79.9. The summed E-state index contributed by atoms with van der Waals surface area (Å²) in [6.45, 7) is 0. The van der Waals surface area contributed by atoms with Crippen molar-refractivity contribution in [1.82, 2.24) is 4.57 Å². The van der Waals surface area contributed by atoms with Crippen LogP contribution in [0.3, 0.4) is 0 Å². The van der Waals surface area contributed by atoms with Gasteiger partial charge in [-0.2, -0.15) is 5.10 Å². The van der Waals surface area contributed by atoms with Crippen molar-refractivity contribution >= 4 is 49.4 Å². The largest absolute Gasteiger partial charge is 0.497 e. The number of aryl methyl sites for hydroxylation is 1. The van der Waals surface area contributed by atoms with Crippen molar-refractivity contribution in [2.75, 3.05) is 7.11 Å². The third-order valence-electron chi connectivity index (χ3n) is 3.53. The summed E-state index contributed by atoms with van der Waals surface area (Å²) < 4.78 is 8.62. The molecule has 0 saturated carbocycles. The molecule has 0 saturated heterocycles. The van der Waals surface area contributed by atoms with Crippen molar-refractivity contribution in [1.29, 1.82) is 0 Å². The monoisotopic (exact) mass is 420 g/mol. The van der Waals surface area contributed by atoms with E-state index >= 15 is 0 Å². The van der Waals surface area contributed by atoms with Gasteiger partial charge in [0.25, 0.3) is 5.69 Å². The first-order valence-electron chi connectivity index (χ1n) is 7.14. The SMILES string of the molecule is COc1ccc2c(c1)s/c(=N/N=C\c1ccc(Br)c([N+](=O)[O-])c1)n2C. The van der Waals surface area contributed by atoms with Crippen LogP contribution in [0.1, 0.15) is 5.56 Å². The molecular weight excluding hydrogens is 408 g/mol. The Morgan fingerprint density at radius 1 is 1.32 bits per heavy atom. The quantitative estimate of drug-likeness (QED) is 0.365. The summed E-state index contributed by atoms with van der Waals surface area (Å²) in [4.78, 5) is 11.2. The molecule has 0 aliphatic carbocycles. The average Bonchev–Trinajstić information content (AvgIpc) is 2.91. The molecule has 1 aromatic heterocycles. The van der Waals surface area contributed by atoms with Crippen molar-refractivity contribution < 1.29 is 9.66 Å². The highest BCUT2D eigenvalue weighted by Gasteiger charge is 2.11. The van der Waals surface area contributed by atoms with E-state index in [1.54, 1.807) is 19.2 Å². The summed E-state index contributed by atoms with van der Waals surface area (Å²) in [5, 5.41) is 19.2. The molecule has 3 rings (SSSR count). The number of nitrogens with zero attached hydrogens (tertiary/aromatic N) is 4. The van der Waals surface area contributed by atoms with Crippen LogP contribution in [0, 0.1) is 10.1 Å². The predicted molar refractivity (Wildman–Crippen MR) is 101 cm³/mol. The molecule has 0 N–H and O–H groups in total. The first-order valence-corrected chi connectivity index (χ1v) is 8.75. The second-order valence-corrected chi connectivity index (χ2v) is 6.95. The molecule has 0 aliphatic rings. The maximum absolute atomic E-state index is 11.0. The number of fused-ring (bicyclic) bond motifs is 1. The first-order chi connectivity index (χ1) is 12.0. The van der Waals surface area contributed by atoms with E-state index in [-0.39, 0.29) is 5.69 Å². The standard InChI is InChI=1S/C16H13BrN4O3S/c1-20-13-6-4-11(24-2)8-15(13)25-16(20)19-18-9-10-3-5-12(17)14(7-10)21(22)23/h3-9H,1-2H3/b18-9-,19-16+. The molecule has 0 amide bonds. The van der Waals surface area contributed by atoms with Crippen LogP contribution in [0.5, 0.6) is 5.75 Å². The second kappa shape index (κ2) is 7.16. The van der Waals surface area contributed by atoms with Crippen LogP contribution in [0.4, 0.5) is 5.69 Å². The number of hydrogen-bond acceptors (Lipinski definition) is 6. The number of hydrogen-bond donors (Lipinski definition) is 0. The first kappa shape index (κ1) is 17.3. The van der Waals surface area contributed by atoms with Gasteiger partial charge in [-0.1, -0.05) is 17.4 Å². The van der Waals surface area contributed by atoms with Gasteiger partial charge < -0.3 is 9.30 Å². The lowest BCUT2D eigenvalue weighted by Crippen LogP contribution is -2.08. The van der Waals surface area contributed by atoms with Crippen LogP contribution in [0.25, 0.3) is 10.2 Å². The average molecular weight is 421 g/mol. The molecule has 9 heteroatoms. The lowest BCUT2D eigenvalue weighted by molar-refractivity contribution is -0.385. The van der Waals surface area contributed by atoms with E-state index in [0.717, 1.165) is 16.0 Å². The van der Waals surface area contributed by atoms with Crippen LogP contribution >= 0.6 is 27.3 Å². The van der Waals surface area contributed by atoms with Gasteiger partial charge in [-0.05, 0) is 40.2 Å². The molecule has 2 aromatic carbocycles. The molecular formula is C16H13BrN4O3S. The molecule has 25 heavy (non-hydrogen) atoms. The van der Waals surface area contributed by atoms with Crippen molar-refractivity contribution in [3.63, 3.8) is 0 Å². The maximum Gasteiger partial charge on any atom is 0.284 e. The molecule has 1 heterocycles. The van der Waals surface area contributed by atoms with Gasteiger partial charge in [0.1, 0.15) is 5.75 Å². The second-order valence-electron chi connectivity index (χ2n) is 5.09. The number of thiazole rings is 1. The number of nitro benzene ring substituents is 1. The number of methoxy groups -OCH3 is 1. The van der Waals surface area contributed by atoms with Crippen LogP contribution < -0.4 is 9.54 Å². The van der Waals surface area contributed by atoms with E-state index in [0.29, 0.717) is 14.8 Å². The van der Waals surface area contributed by atoms with Gasteiger partial charge in [0.15, 0.2) is 0 Å². The van der Waals surface area contributed by atoms with Crippen LogP contribution in [0.15, 0.2) is 51.1 Å². The van der Waals surface area contributed by atoms with E-state index < -0.39 is 4.92 Å². The molecule has 128 valence electrons. The number of halogens is 1. The number of nitro groups is 1. The molecule has 0 spiro atoms. The van der Waals surface area contributed by atoms with Gasteiger partial charge in [0.05, 0.1) is 32.9 Å². The van der Waals surface area contributed by atoms with Gasteiger partial charge in [-0.3, -0.25) is 10.1 Å². The normalized spacial score (nSPS) is 12.2. The van der Waals surface area contributed by atoms with Gasteiger partial charge in [0.2, 0.25) is 4.80 Å². The molecule has 0 aliphatic heterocycles. The number of benzene rings is 2. The fourth-order valence-electron chi connectivity index (χ4n) is 2.23. The van der Waals surface area contributed by atoms with E-state index in [9.17, 15) is 10.1 Å². The summed E-state index contributed by atoms with van der Waals surface area (Å²) in [7, 11) is 3.53. The Hall–Kier alpha value is -2.52. The molecule has 3 aromatic rings. The van der Waals surface area contributed by atoms with Gasteiger partial charge in [-0.25, -0.2) is 0 Å². The van der Waals surface area contributed by atoms with Crippen LogP contribution in [-0.4, -0.2) is 22.8 Å². The number of rotatable bonds is 4. The summed E-state index contributed by atoms with van der Waals surface area (Å²) in [5.41, 5.74) is 1.62. The zero-order valence-electron chi connectivity index (χ0n) is 13.3. The van der Waals surface area contributed by atoms with E-state index in [1.807, 2.05) is 29.8 Å². The van der Waals surface area contributed by atoms with E-state index in [4.69, 9.17) is 4.74 Å². The Balaban J connectivity index is 1.95. The van der Waals surface area contributed by atoms with Crippen molar-refractivity contribution in [2.45, 2.75) is 0 Å². The minimum atomic E-state index is -0.446. The zero-order chi connectivity index (χ0) is 18.0. The fraction of sp³-hybridized carbons (Fsp3) is 0.125. The predicted octanol–water partition coefficient (Wildman–Crippen LogP) is 3.85. The minimum Gasteiger partial charge on any atom is -0.497 e. The fourth-order valence-corrected chi connectivity index (χ4v) is 3.63. The summed E-state index contributed by atoms with van der Waals surface area (Å²) in [6, 6.07) is 10.6. The van der Waals surface area contributed by atoms with Crippen molar-refractivity contribution in [2.24, 2.45) is 17.3 Å². The van der Waals surface area contributed by atoms with Crippen molar-refractivity contribution in [3.05, 3.63) is 61.4 Å². The Kier molecular flexibility index (Phi) is 4.95. The Labute approximate surface area is 155 Å². The molecule has 0 radical (unpaired) electrons. The highest BCUT2D eigenvalue weighted by molar-refractivity contribution is 9.10. The lowest BCUT2D eigenvalue weighted by Gasteiger charge is -1.99. The van der Waals surface area contributed by atoms with Crippen LogP contribution in [0.2, 0.25) is 0 Å². The van der Waals surface area contributed by atoms with E-state index in [1.165, 1.54) is 23.6 Å². The Morgan fingerprint density at radius 3 is 2.84 bits per heavy atom. The Morgan fingerprint density at radius 2 is 2.12 bits per heavy atom. The summed E-state index contributed by atoms with van der Waals surface area (Å²) >= 11 is 4.64. The maximum atomic E-state index is 11.0. The number of ether oxygens (including phenoxy) is 1. The van der Waals surface area contributed by atoms with Gasteiger partial charge in [0, 0.05) is 18.7 Å². The van der Waals surface area contributed by atoms with E-state index in [2.05, 4.69) is 26.1 Å². The molecule has 0 atom stereocenters. The highest BCUT2D eigenvalue weighted by Crippen LogP contribution is 2.25. The third-order valence-corrected chi connectivity index (χ3v) is 5.29. The number of aromatic nitrogens is 1. The zero-order valence-corrected chi connectivity index (χ0v) is 15.7. The lowest BCUT2D eigenvalue weighted by atomic mass is 10.2. The Bertz CT molecular complexity index is 1060. The summed E-state index contributed by atoms with van der Waals surface area (Å²) in [6.07, 6.45) is 1.49. The van der Waals surface area contributed by atoms with Crippen molar-refractivity contribution in [3.8, 4) is 5.75 Å². The topological polar surface area (TPSA) is 82.0 Å². The molecule has 0 unspecified atom stereocenters. The van der Waals surface area contributed by atoms with Gasteiger partial charge >= 0.3 is 0 Å². The third kappa shape index (κ3) is 3.62. The van der Waals surface area contributed by atoms with Crippen LogP contribution in [-0.2, 0) is 7.05 Å². The van der Waals surface area contributed by atoms with Gasteiger partial charge in [-0.15, -0.1) is 5.10 Å². The molecule has 7 nitrogen and oxygen atoms in total. The minimum absolute atomic E-state index is 0.0107. The summed E-state index contributed by atoms with van der Waals surface area (Å²) in [5.74, 6) is 0.784.